The number of nitrogens with one attached hydrogen (secondary N) is 2. The molecule has 0 aliphatic rings. The maximum absolute atomic E-state index is 11.7. The minimum Gasteiger partial charge on any atom is -0.368 e. The average molecular weight is 285 g/mol. The zero-order valence-electron chi connectivity index (χ0n) is 11.8. The van der Waals surface area contributed by atoms with E-state index in [1.807, 2.05) is 6.92 Å². The highest BCUT2D eigenvalue weighted by molar-refractivity contribution is 7.92. The van der Waals surface area contributed by atoms with Crippen molar-refractivity contribution in [2.24, 2.45) is 0 Å². The smallest absolute Gasteiger partial charge is 0.232 e. The van der Waals surface area contributed by atoms with Crippen LogP contribution in [0.1, 0.15) is 40.0 Å². The Morgan fingerprint density at radius 2 is 2.05 bits per heavy atom. The lowest BCUT2D eigenvalue weighted by Gasteiger charge is -2.12. The van der Waals surface area contributed by atoms with Gasteiger partial charge < -0.3 is 5.32 Å². The third kappa shape index (κ3) is 5.92. The summed E-state index contributed by atoms with van der Waals surface area (Å²) < 4.78 is 26.0. The molecule has 1 atom stereocenters. The third-order valence-electron chi connectivity index (χ3n) is 2.81. The van der Waals surface area contributed by atoms with Crippen LogP contribution in [-0.4, -0.2) is 25.2 Å². The molecule has 19 heavy (non-hydrogen) atoms. The Bertz CT molecular complexity index is 471. The van der Waals surface area contributed by atoms with Crippen molar-refractivity contribution < 1.29 is 8.42 Å². The summed E-state index contributed by atoms with van der Waals surface area (Å²) in [6.45, 7) is 6.13. The summed E-state index contributed by atoms with van der Waals surface area (Å²) in [6.07, 6.45) is 4.06. The molecule has 0 aliphatic heterocycles. The first-order valence-electron chi connectivity index (χ1n) is 6.70. The second-order valence-corrected chi connectivity index (χ2v) is 6.50. The number of aromatic nitrogens is 1. The number of sulfonamides is 1. The highest BCUT2D eigenvalue weighted by atomic mass is 32.2. The summed E-state index contributed by atoms with van der Waals surface area (Å²) in [5.74, 6) is 0.905. The molecule has 0 bridgehead atoms. The van der Waals surface area contributed by atoms with Crippen LogP contribution < -0.4 is 10.0 Å². The topological polar surface area (TPSA) is 71.1 Å². The van der Waals surface area contributed by atoms with Crippen LogP contribution in [-0.2, 0) is 10.0 Å². The highest BCUT2D eigenvalue weighted by Gasteiger charge is 2.09. The van der Waals surface area contributed by atoms with E-state index < -0.39 is 10.0 Å². The maximum Gasteiger partial charge on any atom is 0.232 e. The van der Waals surface area contributed by atoms with Gasteiger partial charge in [-0.2, -0.15) is 0 Å². The van der Waals surface area contributed by atoms with Crippen molar-refractivity contribution in [3.63, 3.8) is 0 Å². The molecule has 1 aromatic rings. The Kier molecular flexibility index (Phi) is 6.08. The van der Waals surface area contributed by atoms with Crippen molar-refractivity contribution in [1.82, 2.24) is 4.98 Å². The minimum absolute atomic E-state index is 0.149. The predicted molar refractivity (Wildman–Crippen MR) is 79.9 cm³/mol. The quantitative estimate of drug-likeness (QED) is 0.770. The fraction of sp³-hybridized carbons (Fsp3) is 0.615. The van der Waals surface area contributed by atoms with Crippen LogP contribution >= 0.6 is 0 Å². The number of hydrogen-bond acceptors (Lipinski definition) is 4. The van der Waals surface area contributed by atoms with E-state index in [1.165, 1.54) is 6.20 Å². The molecule has 1 unspecified atom stereocenters. The zero-order valence-corrected chi connectivity index (χ0v) is 12.6. The van der Waals surface area contributed by atoms with Crippen LogP contribution in [0.2, 0.25) is 0 Å². The number of unbranched alkanes of at least 4 members (excludes halogenated alkanes) is 1. The van der Waals surface area contributed by atoms with Gasteiger partial charge in [0.2, 0.25) is 10.0 Å². The van der Waals surface area contributed by atoms with Gasteiger partial charge in [-0.1, -0.05) is 20.3 Å². The SMILES string of the molecule is CCCCS(=O)(=O)Nc1ccc(NC(C)CC)nc1. The molecule has 0 aliphatic carbocycles. The van der Waals surface area contributed by atoms with E-state index in [0.29, 0.717) is 18.2 Å². The summed E-state index contributed by atoms with van der Waals surface area (Å²) in [5.41, 5.74) is 0.505. The second-order valence-electron chi connectivity index (χ2n) is 4.66. The van der Waals surface area contributed by atoms with E-state index >= 15 is 0 Å². The van der Waals surface area contributed by atoms with Gasteiger partial charge in [0.25, 0.3) is 0 Å². The van der Waals surface area contributed by atoms with Crippen LogP contribution in [0.15, 0.2) is 18.3 Å². The van der Waals surface area contributed by atoms with Crippen LogP contribution in [0, 0.1) is 0 Å². The monoisotopic (exact) mass is 285 g/mol. The number of anilines is 2. The Balaban J connectivity index is 2.61. The summed E-state index contributed by atoms with van der Waals surface area (Å²) in [4.78, 5) is 4.19. The van der Waals surface area contributed by atoms with Crippen molar-refractivity contribution in [3.8, 4) is 0 Å². The van der Waals surface area contributed by atoms with Gasteiger partial charge in [0.05, 0.1) is 17.6 Å². The van der Waals surface area contributed by atoms with E-state index in [0.717, 1.165) is 18.7 Å². The molecule has 0 fully saturated rings. The minimum atomic E-state index is -3.25. The van der Waals surface area contributed by atoms with E-state index in [-0.39, 0.29) is 5.75 Å². The average Bonchev–Trinajstić information content (AvgIpc) is 2.38. The van der Waals surface area contributed by atoms with Crippen molar-refractivity contribution in [2.75, 3.05) is 15.8 Å². The fourth-order valence-corrected chi connectivity index (χ4v) is 2.71. The molecule has 1 rings (SSSR count). The Hall–Kier alpha value is -1.30. The van der Waals surface area contributed by atoms with E-state index in [1.54, 1.807) is 12.1 Å². The molecule has 108 valence electrons. The summed E-state index contributed by atoms with van der Waals surface area (Å²) in [7, 11) is -3.25. The molecule has 0 saturated heterocycles. The Morgan fingerprint density at radius 1 is 1.32 bits per heavy atom. The first-order chi connectivity index (χ1) is 8.96. The molecule has 1 heterocycles. The number of rotatable bonds is 8. The van der Waals surface area contributed by atoms with E-state index in [4.69, 9.17) is 0 Å². The van der Waals surface area contributed by atoms with Gasteiger partial charge in [0.1, 0.15) is 5.82 Å². The van der Waals surface area contributed by atoms with Gasteiger partial charge in [-0.15, -0.1) is 0 Å². The maximum atomic E-state index is 11.7. The first kappa shape index (κ1) is 15.8. The van der Waals surface area contributed by atoms with Crippen molar-refractivity contribution in [3.05, 3.63) is 18.3 Å². The molecular formula is C13H23N3O2S. The Labute approximate surface area is 115 Å². The lowest BCUT2D eigenvalue weighted by atomic mass is 10.2. The van der Waals surface area contributed by atoms with Crippen LogP contribution in [0.3, 0.4) is 0 Å². The van der Waals surface area contributed by atoms with Gasteiger partial charge in [0.15, 0.2) is 0 Å². The Morgan fingerprint density at radius 3 is 2.58 bits per heavy atom. The van der Waals surface area contributed by atoms with E-state index in [9.17, 15) is 8.42 Å². The number of pyridine rings is 1. The fourth-order valence-electron chi connectivity index (χ4n) is 1.46. The number of nitrogens with zero attached hydrogens (tertiary/aromatic N) is 1. The predicted octanol–water partition coefficient (Wildman–Crippen LogP) is 2.83. The van der Waals surface area contributed by atoms with Gasteiger partial charge in [-0.25, -0.2) is 13.4 Å². The van der Waals surface area contributed by atoms with Gasteiger partial charge >= 0.3 is 0 Å². The molecule has 6 heteroatoms. The van der Waals surface area contributed by atoms with Gasteiger partial charge in [0, 0.05) is 6.04 Å². The summed E-state index contributed by atoms with van der Waals surface area (Å²) >= 11 is 0. The summed E-state index contributed by atoms with van der Waals surface area (Å²) in [5, 5.41) is 3.23. The highest BCUT2D eigenvalue weighted by Crippen LogP contribution is 2.13. The van der Waals surface area contributed by atoms with Crippen molar-refractivity contribution in [2.45, 2.75) is 46.1 Å². The first-order valence-corrected chi connectivity index (χ1v) is 8.35. The molecule has 0 saturated carbocycles. The van der Waals surface area contributed by atoms with Crippen molar-refractivity contribution in [1.29, 1.82) is 0 Å². The van der Waals surface area contributed by atoms with Gasteiger partial charge in [-0.05, 0) is 31.9 Å². The van der Waals surface area contributed by atoms with Crippen molar-refractivity contribution >= 4 is 21.5 Å². The van der Waals surface area contributed by atoms with Crippen LogP contribution in [0.4, 0.5) is 11.5 Å². The molecular weight excluding hydrogens is 262 g/mol. The third-order valence-corrected chi connectivity index (χ3v) is 4.18. The molecule has 2 N–H and O–H groups in total. The standard InChI is InChI=1S/C13H23N3O2S/c1-4-6-9-19(17,18)16-12-7-8-13(14-10-12)15-11(3)5-2/h7-8,10-11,16H,4-6,9H2,1-3H3,(H,14,15). The molecule has 0 radical (unpaired) electrons. The zero-order chi connectivity index (χ0) is 14.3. The largest absolute Gasteiger partial charge is 0.368 e. The normalized spacial score (nSPS) is 13.0. The molecule has 0 spiro atoms. The van der Waals surface area contributed by atoms with Crippen LogP contribution in [0.25, 0.3) is 0 Å². The second kappa shape index (κ2) is 7.33. The number of hydrogen-bond donors (Lipinski definition) is 2. The molecule has 1 aromatic heterocycles. The molecule has 5 nitrogen and oxygen atoms in total. The lowest BCUT2D eigenvalue weighted by molar-refractivity contribution is 0.598. The summed E-state index contributed by atoms with van der Waals surface area (Å²) in [6, 6.07) is 3.85. The molecule has 0 amide bonds. The molecule has 0 aromatic carbocycles. The lowest BCUT2D eigenvalue weighted by Crippen LogP contribution is -2.17. The van der Waals surface area contributed by atoms with E-state index in [2.05, 4.69) is 28.9 Å². The van der Waals surface area contributed by atoms with Crippen LogP contribution in [0.5, 0.6) is 0 Å². The van der Waals surface area contributed by atoms with Gasteiger partial charge in [-0.3, -0.25) is 4.72 Å².